The zero-order chi connectivity index (χ0) is 12.5. The minimum absolute atomic E-state index is 0.403. The van der Waals surface area contributed by atoms with Crippen LogP contribution in [0.1, 0.15) is 4.88 Å². The van der Waals surface area contributed by atoms with Gasteiger partial charge in [-0.1, -0.05) is 23.4 Å². The minimum atomic E-state index is -4.59. The molecule has 1 N–H and O–H groups in total. The first-order valence-corrected chi connectivity index (χ1v) is 5.58. The maximum absolute atomic E-state index is 12.4. The molecule has 2 rings (SSSR count). The number of hydrogen-bond donors (Lipinski definition) is 1. The molecule has 1 aromatic heterocycles. The predicted molar refractivity (Wildman–Crippen MR) is 60.8 cm³/mol. The van der Waals surface area contributed by atoms with Gasteiger partial charge in [0.2, 0.25) is 0 Å². The van der Waals surface area contributed by atoms with Crippen molar-refractivity contribution in [3.63, 3.8) is 0 Å². The lowest BCUT2D eigenvalue weighted by atomic mass is 10.2. The molecular formula is C11H8F3NOS. The van der Waals surface area contributed by atoms with Crippen LogP contribution in [-0.4, -0.2) is 17.1 Å². The van der Waals surface area contributed by atoms with E-state index in [0.717, 1.165) is 10.1 Å². The van der Waals surface area contributed by atoms with E-state index in [0.29, 0.717) is 4.88 Å². The Kier molecular flexibility index (Phi) is 3.06. The number of halogens is 3. The normalized spacial score (nSPS) is 13.2. The van der Waals surface area contributed by atoms with Crippen molar-refractivity contribution in [2.75, 3.05) is 0 Å². The van der Waals surface area contributed by atoms with E-state index in [1.807, 2.05) is 24.3 Å². The third kappa shape index (κ3) is 2.58. The fourth-order valence-corrected chi connectivity index (χ4v) is 2.55. The fourth-order valence-electron chi connectivity index (χ4n) is 1.48. The molecule has 0 aliphatic rings. The molecule has 0 unspecified atom stereocenters. The van der Waals surface area contributed by atoms with Gasteiger partial charge in [-0.05, 0) is 17.5 Å². The van der Waals surface area contributed by atoms with Crippen LogP contribution in [-0.2, 0) is 6.42 Å². The van der Waals surface area contributed by atoms with Gasteiger partial charge < -0.3 is 5.21 Å². The number of hydrogen-bond acceptors (Lipinski definition) is 3. The summed E-state index contributed by atoms with van der Waals surface area (Å²) in [4.78, 5) is 0.524. The Morgan fingerprint density at radius 1 is 1.29 bits per heavy atom. The lowest BCUT2D eigenvalue weighted by Gasteiger charge is -2.06. The molecule has 0 fully saturated rings. The summed E-state index contributed by atoms with van der Waals surface area (Å²) in [5.41, 5.74) is -1.18. The summed E-state index contributed by atoms with van der Waals surface area (Å²) in [5, 5.41) is 11.6. The van der Waals surface area contributed by atoms with Gasteiger partial charge in [-0.15, -0.1) is 11.3 Å². The van der Waals surface area contributed by atoms with Gasteiger partial charge in [0, 0.05) is 16.0 Å². The van der Waals surface area contributed by atoms with Crippen LogP contribution in [0.25, 0.3) is 10.1 Å². The lowest BCUT2D eigenvalue weighted by Crippen LogP contribution is -2.24. The molecule has 0 saturated heterocycles. The first-order valence-electron chi connectivity index (χ1n) is 4.76. The Morgan fingerprint density at radius 3 is 2.59 bits per heavy atom. The second-order valence-electron chi connectivity index (χ2n) is 3.47. The van der Waals surface area contributed by atoms with Crippen LogP contribution in [0.15, 0.2) is 35.5 Å². The highest BCUT2D eigenvalue weighted by molar-refractivity contribution is 7.19. The maximum atomic E-state index is 12.4. The summed E-state index contributed by atoms with van der Waals surface area (Å²) in [6.45, 7) is 0. The summed E-state index contributed by atoms with van der Waals surface area (Å²) < 4.78 is 38.0. The maximum Gasteiger partial charge on any atom is 0.433 e. The van der Waals surface area contributed by atoms with Gasteiger partial charge in [0.25, 0.3) is 0 Å². The predicted octanol–water partition coefficient (Wildman–Crippen LogP) is 3.84. The first kappa shape index (κ1) is 11.9. The van der Waals surface area contributed by atoms with Gasteiger partial charge in [-0.3, -0.25) is 0 Å². The number of fused-ring (bicyclic) bond motifs is 1. The third-order valence-electron chi connectivity index (χ3n) is 2.27. The summed E-state index contributed by atoms with van der Waals surface area (Å²) in [7, 11) is 0. The Morgan fingerprint density at radius 2 is 2.00 bits per heavy atom. The minimum Gasteiger partial charge on any atom is -0.411 e. The van der Waals surface area contributed by atoms with Gasteiger partial charge in [0.15, 0.2) is 5.71 Å². The van der Waals surface area contributed by atoms with E-state index in [2.05, 4.69) is 5.16 Å². The van der Waals surface area contributed by atoms with Gasteiger partial charge in [-0.25, -0.2) is 0 Å². The highest BCUT2D eigenvalue weighted by atomic mass is 32.1. The average molecular weight is 259 g/mol. The number of benzene rings is 1. The quantitative estimate of drug-likeness (QED) is 0.496. The molecule has 17 heavy (non-hydrogen) atoms. The van der Waals surface area contributed by atoms with E-state index < -0.39 is 18.3 Å². The van der Waals surface area contributed by atoms with Crippen LogP contribution in [0.5, 0.6) is 0 Å². The van der Waals surface area contributed by atoms with E-state index in [1.165, 1.54) is 11.3 Å². The van der Waals surface area contributed by atoms with E-state index in [4.69, 9.17) is 5.21 Å². The van der Waals surface area contributed by atoms with Crippen molar-refractivity contribution in [3.05, 3.63) is 35.2 Å². The topological polar surface area (TPSA) is 32.6 Å². The molecule has 0 aliphatic carbocycles. The number of nitrogens with zero attached hydrogens (tertiary/aromatic N) is 1. The molecule has 0 saturated carbocycles. The summed E-state index contributed by atoms with van der Waals surface area (Å²) in [6, 6.07) is 9.00. The third-order valence-corrected chi connectivity index (χ3v) is 3.38. The highest BCUT2D eigenvalue weighted by Crippen LogP contribution is 2.28. The Balaban J connectivity index is 2.30. The SMILES string of the molecule is ON=C(Cc1cc2ccccc2s1)C(F)(F)F. The Hall–Kier alpha value is -1.56. The van der Waals surface area contributed by atoms with E-state index in [1.54, 1.807) is 6.07 Å². The van der Waals surface area contributed by atoms with Crippen LogP contribution in [0.4, 0.5) is 13.2 Å². The number of thiophene rings is 1. The standard InChI is InChI=1S/C11H8F3NOS/c12-11(13,14)10(15-16)6-8-5-7-3-1-2-4-9(7)17-8/h1-5,16H,6H2. The van der Waals surface area contributed by atoms with Crippen LogP contribution >= 0.6 is 11.3 Å². The molecule has 0 radical (unpaired) electrons. The van der Waals surface area contributed by atoms with Crippen LogP contribution in [0.2, 0.25) is 0 Å². The lowest BCUT2D eigenvalue weighted by molar-refractivity contribution is -0.0622. The average Bonchev–Trinajstić information content (AvgIpc) is 2.66. The highest BCUT2D eigenvalue weighted by Gasteiger charge is 2.36. The molecular weight excluding hydrogens is 251 g/mol. The van der Waals surface area contributed by atoms with Crippen molar-refractivity contribution in [2.24, 2.45) is 5.16 Å². The number of rotatable bonds is 2. The Labute approximate surface area is 99.0 Å². The molecule has 0 spiro atoms. The zero-order valence-corrected chi connectivity index (χ0v) is 9.35. The summed E-state index contributed by atoms with van der Waals surface area (Å²) in [5.74, 6) is 0. The summed E-state index contributed by atoms with van der Waals surface area (Å²) in [6.07, 6.45) is -5.00. The van der Waals surface area contributed by atoms with Gasteiger partial charge in [0.05, 0.1) is 0 Å². The monoisotopic (exact) mass is 259 g/mol. The van der Waals surface area contributed by atoms with Crippen molar-refractivity contribution in [1.29, 1.82) is 0 Å². The number of alkyl halides is 3. The van der Waals surface area contributed by atoms with E-state index in [9.17, 15) is 13.2 Å². The van der Waals surface area contributed by atoms with Crippen LogP contribution < -0.4 is 0 Å². The van der Waals surface area contributed by atoms with Crippen molar-refractivity contribution in [1.82, 2.24) is 0 Å². The van der Waals surface area contributed by atoms with Gasteiger partial charge in [0.1, 0.15) is 0 Å². The molecule has 0 amide bonds. The Bertz CT molecular complexity index is 526. The summed E-state index contributed by atoms with van der Waals surface area (Å²) >= 11 is 1.27. The molecule has 0 bridgehead atoms. The van der Waals surface area contributed by atoms with Crippen molar-refractivity contribution in [2.45, 2.75) is 12.6 Å². The molecule has 2 nitrogen and oxygen atoms in total. The number of oxime groups is 1. The first-order chi connectivity index (χ1) is 8.00. The molecule has 1 heterocycles. The van der Waals surface area contributed by atoms with E-state index in [-0.39, 0.29) is 0 Å². The second kappa shape index (κ2) is 4.37. The largest absolute Gasteiger partial charge is 0.433 e. The van der Waals surface area contributed by atoms with Gasteiger partial charge >= 0.3 is 6.18 Å². The molecule has 0 atom stereocenters. The van der Waals surface area contributed by atoms with Crippen molar-refractivity contribution in [3.8, 4) is 0 Å². The zero-order valence-electron chi connectivity index (χ0n) is 8.53. The molecule has 2 aromatic rings. The second-order valence-corrected chi connectivity index (χ2v) is 4.64. The van der Waals surface area contributed by atoms with Crippen molar-refractivity contribution >= 4 is 27.1 Å². The molecule has 0 aliphatic heterocycles. The smallest absolute Gasteiger partial charge is 0.411 e. The fraction of sp³-hybridized carbons (Fsp3) is 0.182. The van der Waals surface area contributed by atoms with Crippen LogP contribution in [0, 0.1) is 0 Å². The van der Waals surface area contributed by atoms with E-state index >= 15 is 0 Å². The van der Waals surface area contributed by atoms with Crippen LogP contribution in [0.3, 0.4) is 0 Å². The molecule has 6 heteroatoms. The van der Waals surface area contributed by atoms with Crippen molar-refractivity contribution < 1.29 is 18.4 Å². The molecule has 90 valence electrons. The molecule has 1 aromatic carbocycles. The van der Waals surface area contributed by atoms with Gasteiger partial charge in [-0.2, -0.15) is 13.2 Å².